The van der Waals surface area contributed by atoms with Gasteiger partial charge in [-0.05, 0) is 29.3 Å². The van der Waals surface area contributed by atoms with E-state index in [1.807, 2.05) is 50.2 Å². The van der Waals surface area contributed by atoms with Crippen LogP contribution in [0.1, 0.15) is 30.2 Å². The van der Waals surface area contributed by atoms with Crippen LogP contribution in [0.5, 0.6) is 0 Å². The molecule has 0 aliphatic heterocycles. The van der Waals surface area contributed by atoms with E-state index in [2.05, 4.69) is 34.5 Å². The van der Waals surface area contributed by atoms with E-state index in [0.717, 1.165) is 11.1 Å². The van der Waals surface area contributed by atoms with Crippen molar-refractivity contribution in [2.75, 3.05) is 13.1 Å². The van der Waals surface area contributed by atoms with E-state index >= 15 is 0 Å². The Labute approximate surface area is 198 Å². The van der Waals surface area contributed by atoms with Crippen LogP contribution in [0.2, 0.25) is 0 Å². The summed E-state index contributed by atoms with van der Waals surface area (Å²) in [6.07, 6.45) is 0. The highest BCUT2D eigenvalue weighted by Gasteiger charge is 2.23. The molecule has 8 heteroatoms. The first kappa shape index (κ1) is 23.2. The third-order valence-corrected chi connectivity index (χ3v) is 8.45. The molecule has 3 aromatic carbocycles. The number of benzene rings is 3. The number of sulfonamides is 1. The maximum atomic E-state index is 12.9. The van der Waals surface area contributed by atoms with Gasteiger partial charge in [0.05, 0.1) is 10.1 Å². The zero-order valence-electron chi connectivity index (χ0n) is 18.5. The molecule has 170 valence electrons. The molecule has 0 radical (unpaired) electrons. The van der Waals surface area contributed by atoms with Crippen molar-refractivity contribution in [2.45, 2.75) is 29.2 Å². The van der Waals surface area contributed by atoms with Gasteiger partial charge in [0, 0.05) is 18.7 Å². The van der Waals surface area contributed by atoms with Crippen LogP contribution in [0.4, 0.5) is 0 Å². The average molecular weight is 480 g/mol. The Hall–Kier alpha value is -2.94. The number of hydrogen-bond donors (Lipinski definition) is 0. The summed E-state index contributed by atoms with van der Waals surface area (Å²) >= 11 is 1.47. The fourth-order valence-electron chi connectivity index (χ4n) is 3.56. The van der Waals surface area contributed by atoms with Gasteiger partial charge >= 0.3 is 0 Å². The molecule has 1 heterocycles. The van der Waals surface area contributed by atoms with Crippen LogP contribution in [-0.4, -0.2) is 36.0 Å². The summed E-state index contributed by atoms with van der Waals surface area (Å²) in [4.78, 5) is 0.211. The molecule has 0 spiro atoms. The highest BCUT2D eigenvalue weighted by atomic mass is 32.2. The monoisotopic (exact) mass is 479 g/mol. The molecular weight excluding hydrogens is 454 g/mol. The largest absolute Gasteiger partial charge is 0.411 e. The smallest absolute Gasteiger partial charge is 0.277 e. The lowest BCUT2D eigenvalue weighted by atomic mass is 10.0. The second-order valence-corrected chi connectivity index (χ2v) is 10.3. The molecule has 0 fully saturated rings. The zero-order chi connectivity index (χ0) is 23.3. The van der Waals surface area contributed by atoms with Crippen LogP contribution in [0, 0.1) is 0 Å². The molecule has 0 unspecified atom stereocenters. The van der Waals surface area contributed by atoms with Gasteiger partial charge in [-0.25, -0.2) is 8.42 Å². The number of hydrogen-bond acceptors (Lipinski definition) is 6. The van der Waals surface area contributed by atoms with Crippen LogP contribution < -0.4 is 0 Å². The molecule has 6 nitrogen and oxygen atoms in total. The summed E-state index contributed by atoms with van der Waals surface area (Å²) < 4.78 is 33.2. The molecule has 0 N–H and O–H groups in total. The summed E-state index contributed by atoms with van der Waals surface area (Å²) in [6.45, 7) is 4.46. The lowest BCUT2D eigenvalue weighted by molar-refractivity contribution is 0.445. The first-order valence-electron chi connectivity index (χ1n) is 10.7. The zero-order valence-corrected chi connectivity index (χ0v) is 20.1. The minimum Gasteiger partial charge on any atom is -0.411 e. The third-order valence-electron chi connectivity index (χ3n) is 5.25. The van der Waals surface area contributed by atoms with Crippen molar-refractivity contribution in [1.82, 2.24) is 14.5 Å². The number of aromatic nitrogens is 2. The summed E-state index contributed by atoms with van der Waals surface area (Å²) in [7, 11) is -3.58. The van der Waals surface area contributed by atoms with Crippen molar-refractivity contribution < 1.29 is 12.8 Å². The van der Waals surface area contributed by atoms with Crippen LogP contribution in [-0.2, 0) is 10.0 Å². The van der Waals surface area contributed by atoms with E-state index in [0.29, 0.717) is 23.9 Å². The molecule has 0 saturated carbocycles. The van der Waals surface area contributed by atoms with E-state index in [1.54, 1.807) is 24.3 Å². The van der Waals surface area contributed by atoms with Gasteiger partial charge in [-0.2, -0.15) is 4.31 Å². The fourth-order valence-corrected chi connectivity index (χ4v) is 6.07. The Kier molecular flexibility index (Phi) is 7.27. The first-order chi connectivity index (χ1) is 16.0. The Bertz CT molecular complexity index is 1250. The predicted octanol–water partition coefficient (Wildman–Crippen LogP) is 5.65. The van der Waals surface area contributed by atoms with Crippen molar-refractivity contribution in [3.63, 3.8) is 0 Å². The first-order valence-corrected chi connectivity index (χ1v) is 13.1. The van der Waals surface area contributed by atoms with Crippen molar-refractivity contribution in [3.05, 3.63) is 96.1 Å². The summed E-state index contributed by atoms with van der Waals surface area (Å²) in [5.41, 5.74) is 2.82. The minimum atomic E-state index is -3.58. The maximum Gasteiger partial charge on any atom is 0.277 e. The molecule has 0 saturated heterocycles. The topological polar surface area (TPSA) is 76.3 Å². The molecule has 4 aromatic rings. The molecule has 0 aliphatic rings. The van der Waals surface area contributed by atoms with Gasteiger partial charge in [-0.1, -0.05) is 92.3 Å². The normalized spacial score (nSPS) is 11.9. The fraction of sp³-hybridized carbons (Fsp3) is 0.200. The van der Waals surface area contributed by atoms with Crippen molar-refractivity contribution >= 4 is 21.8 Å². The van der Waals surface area contributed by atoms with E-state index in [1.165, 1.54) is 16.1 Å². The predicted molar refractivity (Wildman–Crippen MR) is 130 cm³/mol. The highest BCUT2D eigenvalue weighted by Crippen LogP contribution is 2.40. The van der Waals surface area contributed by atoms with Gasteiger partial charge < -0.3 is 4.42 Å². The van der Waals surface area contributed by atoms with E-state index in [9.17, 15) is 8.42 Å². The van der Waals surface area contributed by atoms with E-state index in [4.69, 9.17) is 4.42 Å². The maximum absolute atomic E-state index is 12.9. The Morgan fingerprint density at radius 3 is 2.03 bits per heavy atom. The minimum absolute atomic E-state index is 0.0184. The van der Waals surface area contributed by atoms with Gasteiger partial charge in [0.2, 0.25) is 15.9 Å². The summed E-state index contributed by atoms with van der Waals surface area (Å²) in [5, 5.41) is 8.82. The molecule has 0 atom stereocenters. The SMILES string of the molecule is CCN(CC)S(=O)(=O)c1cccc(-c2nnc(SC(c3ccccc3)c3ccccc3)o2)c1. The summed E-state index contributed by atoms with van der Waals surface area (Å²) in [5.74, 6) is 0.286. The van der Waals surface area contributed by atoms with Gasteiger partial charge in [-0.3, -0.25) is 0 Å². The van der Waals surface area contributed by atoms with Crippen LogP contribution >= 0.6 is 11.8 Å². The number of nitrogens with zero attached hydrogens (tertiary/aromatic N) is 3. The van der Waals surface area contributed by atoms with Gasteiger partial charge in [-0.15, -0.1) is 10.2 Å². The second-order valence-electron chi connectivity index (χ2n) is 7.31. The van der Waals surface area contributed by atoms with Crippen LogP contribution in [0.25, 0.3) is 11.5 Å². The van der Waals surface area contributed by atoms with Crippen LogP contribution in [0.3, 0.4) is 0 Å². The molecule has 1 aromatic heterocycles. The molecule has 0 aliphatic carbocycles. The second kappa shape index (κ2) is 10.3. The molecular formula is C25H25N3O3S2. The van der Waals surface area contributed by atoms with Crippen molar-refractivity contribution in [1.29, 1.82) is 0 Å². The Morgan fingerprint density at radius 2 is 1.45 bits per heavy atom. The Morgan fingerprint density at radius 1 is 0.848 bits per heavy atom. The lowest BCUT2D eigenvalue weighted by Gasteiger charge is -2.18. The molecule has 33 heavy (non-hydrogen) atoms. The molecule has 0 amide bonds. The van der Waals surface area contributed by atoms with E-state index in [-0.39, 0.29) is 16.0 Å². The lowest BCUT2D eigenvalue weighted by Crippen LogP contribution is -2.30. The third kappa shape index (κ3) is 5.19. The van der Waals surface area contributed by atoms with Crippen LogP contribution in [0.15, 0.2) is 99.5 Å². The van der Waals surface area contributed by atoms with Gasteiger partial charge in [0.15, 0.2) is 0 Å². The number of thioether (sulfide) groups is 1. The average Bonchev–Trinajstić information content (AvgIpc) is 3.33. The molecule has 0 bridgehead atoms. The highest BCUT2D eigenvalue weighted by molar-refractivity contribution is 7.99. The van der Waals surface area contributed by atoms with Gasteiger partial charge in [0.1, 0.15) is 0 Å². The standard InChI is InChI=1S/C25H25N3O3S2/c1-3-28(4-2)33(29,30)22-17-11-16-21(18-22)24-26-27-25(31-24)32-23(19-12-7-5-8-13-19)20-14-9-6-10-15-20/h5-18,23H,3-4H2,1-2H3. The summed E-state index contributed by atoms with van der Waals surface area (Å²) in [6, 6.07) is 26.9. The van der Waals surface area contributed by atoms with Gasteiger partial charge in [0.25, 0.3) is 5.22 Å². The van der Waals surface area contributed by atoms with Crippen molar-refractivity contribution in [2.24, 2.45) is 0 Å². The molecule has 4 rings (SSSR count). The quantitative estimate of drug-likeness (QED) is 0.289. The van der Waals surface area contributed by atoms with Crippen molar-refractivity contribution in [3.8, 4) is 11.5 Å². The number of rotatable bonds is 9. The Balaban J connectivity index is 1.63. The van der Waals surface area contributed by atoms with E-state index < -0.39 is 10.0 Å².